The smallest absolute Gasteiger partial charge is 0.268 e. The van der Waals surface area contributed by atoms with Crippen molar-refractivity contribution in [3.63, 3.8) is 0 Å². The number of nitrogens with zero attached hydrogens (tertiary/aromatic N) is 1. The fourth-order valence-electron chi connectivity index (χ4n) is 3.20. The van der Waals surface area contributed by atoms with Crippen molar-refractivity contribution >= 4 is 16.7 Å². The molecule has 0 saturated heterocycles. The van der Waals surface area contributed by atoms with E-state index in [-0.39, 0.29) is 17.5 Å². The van der Waals surface area contributed by atoms with Crippen LogP contribution in [0.1, 0.15) is 34.9 Å². The maximum Gasteiger partial charge on any atom is 0.268 e. The zero-order valence-electron chi connectivity index (χ0n) is 13.9. The highest BCUT2D eigenvalue weighted by molar-refractivity contribution is 5.96. The Balaban J connectivity index is 1.60. The maximum absolute atomic E-state index is 12.8. The summed E-state index contributed by atoms with van der Waals surface area (Å²) in [5.74, 6) is -0.175. The molecule has 4 nitrogen and oxygen atoms in total. The fraction of sp³-hybridized carbons (Fsp3) is 0.238. The molecule has 2 aromatic carbocycles. The van der Waals surface area contributed by atoms with E-state index in [1.165, 1.54) is 5.56 Å². The summed E-state index contributed by atoms with van der Waals surface area (Å²) >= 11 is 0. The van der Waals surface area contributed by atoms with Crippen LogP contribution in [-0.4, -0.2) is 17.0 Å². The SMILES string of the molecule is O=C(NCCc1ccccc1)c1cc2ccccc2c(=O)n1C1CC1. The number of nitrogens with one attached hydrogen (secondary N) is 1. The van der Waals surface area contributed by atoms with Gasteiger partial charge in [-0.2, -0.15) is 0 Å². The van der Waals surface area contributed by atoms with E-state index >= 15 is 0 Å². The lowest BCUT2D eigenvalue weighted by molar-refractivity contribution is 0.0943. The Kier molecular flexibility index (Phi) is 4.10. The van der Waals surface area contributed by atoms with E-state index in [4.69, 9.17) is 0 Å². The molecule has 0 unspecified atom stereocenters. The van der Waals surface area contributed by atoms with Crippen LogP contribution in [0.3, 0.4) is 0 Å². The number of pyridine rings is 1. The van der Waals surface area contributed by atoms with E-state index < -0.39 is 0 Å². The molecule has 4 rings (SSSR count). The first-order valence-electron chi connectivity index (χ1n) is 8.70. The Morgan fingerprint density at radius 3 is 2.52 bits per heavy atom. The van der Waals surface area contributed by atoms with Gasteiger partial charge < -0.3 is 9.88 Å². The summed E-state index contributed by atoms with van der Waals surface area (Å²) < 4.78 is 1.68. The number of fused-ring (bicyclic) bond motifs is 1. The molecular formula is C21H20N2O2. The second-order valence-corrected chi connectivity index (χ2v) is 6.51. The number of carbonyl (C=O) groups excluding carboxylic acids is 1. The van der Waals surface area contributed by atoms with E-state index in [2.05, 4.69) is 5.32 Å². The van der Waals surface area contributed by atoms with Crippen LogP contribution in [-0.2, 0) is 6.42 Å². The molecule has 3 aromatic rings. The molecule has 0 spiro atoms. The van der Waals surface area contributed by atoms with Crippen molar-refractivity contribution in [1.82, 2.24) is 9.88 Å². The molecule has 25 heavy (non-hydrogen) atoms. The van der Waals surface area contributed by atoms with Gasteiger partial charge in [0.25, 0.3) is 11.5 Å². The highest BCUT2D eigenvalue weighted by Crippen LogP contribution is 2.35. The van der Waals surface area contributed by atoms with Gasteiger partial charge in [0.2, 0.25) is 0 Å². The first-order valence-corrected chi connectivity index (χ1v) is 8.70. The number of aromatic nitrogens is 1. The third-order valence-corrected chi connectivity index (χ3v) is 4.65. The van der Waals surface area contributed by atoms with Gasteiger partial charge in [-0.05, 0) is 42.3 Å². The van der Waals surface area contributed by atoms with Crippen LogP contribution in [0, 0.1) is 0 Å². The Morgan fingerprint density at radius 1 is 1.04 bits per heavy atom. The molecule has 1 saturated carbocycles. The molecular weight excluding hydrogens is 312 g/mol. The van der Waals surface area contributed by atoms with Crippen LogP contribution in [0.5, 0.6) is 0 Å². The highest BCUT2D eigenvalue weighted by Gasteiger charge is 2.29. The predicted octanol–water partition coefficient (Wildman–Crippen LogP) is 3.31. The summed E-state index contributed by atoms with van der Waals surface area (Å²) in [4.78, 5) is 25.5. The molecule has 1 aliphatic carbocycles. The largest absolute Gasteiger partial charge is 0.350 e. The molecule has 126 valence electrons. The van der Waals surface area contributed by atoms with Crippen molar-refractivity contribution in [2.24, 2.45) is 0 Å². The average Bonchev–Trinajstić information content (AvgIpc) is 3.47. The Bertz CT molecular complexity index is 972. The number of rotatable bonds is 5. The first-order chi connectivity index (χ1) is 12.2. The van der Waals surface area contributed by atoms with Crippen LogP contribution >= 0.6 is 0 Å². The van der Waals surface area contributed by atoms with Gasteiger partial charge in [0.05, 0.1) is 0 Å². The summed E-state index contributed by atoms with van der Waals surface area (Å²) in [6, 6.07) is 19.5. The zero-order chi connectivity index (χ0) is 17.2. The summed E-state index contributed by atoms with van der Waals surface area (Å²) in [6.07, 6.45) is 2.69. The first kappa shape index (κ1) is 15.6. The van der Waals surface area contributed by atoms with Crippen LogP contribution < -0.4 is 10.9 Å². The minimum absolute atomic E-state index is 0.0613. The molecule has 0 bridgehead atoms. The molecule has 1 fully saturated rings. The van der Waals surface area contributed by atoms with E-state index in [1.807, 2.05) is 60.7 Å². The number of amides is 1. The number of hydrogen-bond acceptors (Lipinski definition) is 2. The fourth-order valence-corrected chi connectivity index (χ4v) is 3.20. The average molecular weight is 332 g/mol. The molecule has 0 aliphatic heterocycles. The third kappa shape index (κ3) is 3.20. The molecule has 1 aromatic heterocycles. The molecule has 0 atom stereocenters. The standard InChI is InChI=1S/C21H20N2O2/c24-20(22-13-12-15-6-2-1-3-7-15)19-14-16-8-4-5-9-18(16)21(25)23(19)17-10-11-17/h1-9,14,17H,10-13H2,(H,22,24). The van der Waals surface area contributed by atoms with Crippen molar-refractivity contribution < 1.29 is 4.79 Å². The van der Waals surface area contributed by atoms with Gasteiger partial charge in [-0.25, -0.2) is 0 Å². The molecule has 1 N–H and O–H groups in total. The van der Waals surface area contributed by atoms with Gasteiger partial charge in [0, 0.05) is 18.0 Å². The van der Waals surface area contributed by atoms with Crippen molar-refractivity contribution in [3.8, 4) is 0 Å². The Morgan fingerprint density at radius 2 is 1.76 bits per heavy atom. The minimum atomic E-state index is -0.175. The second-order valence-electron chi connectivity index (χ2n) is 6.51. The van der Waals surface area contributed by atoms with E-state index in [9.17, 15) is 9.59 Å². The van der Waals surface area contributed by atoms with Crippen LogP contribution in [0.4, 0.5) is 0 Å². The van der Waals surface area contributed by atoms with Gasteiger partial charge in [0.15, 0.2) is 0 Å². The number of hydrogen-bond donors (Lipinski definition) is 1. The highest BCUT2D eigenvalue weighted by atomic mass is 16.2. The topological polar surface area (TPSA) is 51.1 Å². The van der Waals surface area contributed by atoms with Crippen molar-refractivity contribution in [2.75, 3.05) is 6.54 Å². The zero-order valence-corrected chi connectivity index (χ0v) is 13.9. The van der Waals surface area contributed by atoms with Crippen molar-refractivity contribution in [1.29, 1.82) is 0 Å². The second kappa shape index (κ2) is 6.55. The van der Waals surface area contributed by atoms with Crippen molar-refractivity contribution in [3.05, 3.63) is 82.3 Å². The third-order valence-electron chi connectivity index (χ3n) is 4.65. The maximum atomic E-state index is 12.8. The Hall–Kier alpha value is -2.88. The van der Waals surface area contributed by atoms with Gasteiger partial charge in [-0.3, -0.25) is 9.59 Å². The predicted molar refractivity (Wildman–Crippen MR) is 99.0 cm³/mol. The van der Waals surface area contributed by atoms with E-state index in [0.29, 0.717) is 17.6 Å². The normalized spacial score (nSPS) is 13.8. The lowest BCUT2D eigenvalue weighted by Crippen LogP contribution is -2.33. The quantitative estimate of drug-likeness (QED) is 0.779. The van der Waals surface area contributed by atoms with Crippen LogP contribution in [0.2, 0.25) is 0 Å². The van der Waals surface area contributed by atoms with Crippen LogP contribution in [0.15, 0.2) is 65.5 Å². The van der Waals surface area contributed by atoms with Gasteiger partial charge in [-0.15, -0.1) is 0 Å². The van der Waals surface area contributed by atoms with Gasteiger partial charge >= 0.3 is 0 Å². The Labute approximate surface area is 146 Å². The molecule has 1 heterocycles. The number of benzene rings is 2. The van der Waals surface area contributed by atoms with Crippen molar-refractivity contribution in [2.45, 2.75) is 25.3 Å². The molecule has 1 aliphatic rings. The lowest BCUT2D eigenvalue weighted by atomic mass is 10.1. The summed E-state index contributed by atoms with van der Waals surface area (Å²) in [6.45, 7) is 0.550. The summed E-state index contributed by atoms with van der Waals surface area (Å²) in [5, 5.41) is 4.46. The van der Waals surface area contributed by atoms with E-state index in [1.54, 1.807) is 4.57 Å². The molecule has 1 amide bonds. The monoisotopic (exact) mass is 332 g/mol. The lowest BCUT2D eigenvalue weighted by Gasteiger charge is -2.14. The summed E-state index contributed by atoms with van der Waals surface area (Å²) in [7, 11) is 0. The molecule has 4 heteroatoms. The van der Waals surface area contributed by atoms with E-state index in [0.717, 1.165) is 24.6 Å². The minimum Gasteiger partial charge on any atom is -0.350 e. The molecule has 0 radical (unpaired) electrons. The number of carbonyl (C=O) groups is 1. The van der Waals surface area contributed by atoms with Gasteiger partial charge in [-0.1, -0.05) is 48.5 Å². The van der Waals surface area contributed by atoms with Crippen LogP contribution in [0.25, 0.3) is 10.8 Å². The van der Waals surface area contributed by atoms with Gasteiger partial charge in [0.1, 0.15) is 5.69 Å². The summed E-state index contributed by atoms with van der Waals surface area (Å²) in [5.41, 5.74) is 1.59.